The van der Waals surface area contributed by atoms with Gasteiger partial charge < -0.3 is 15.4 Å². The summed E-state index contributed by atoms with van der Waals surface area (Å²) in [6.45, 7) is 3.24. The van der Waals surface area contributed by atoms with E-state index >= 15 is 0 Å². The summed E-state index contributed by atoms with van der Waals surface area (Å²) in [5, 5.41) is 12.4. The van der Waals surface area contributed by atoms with E-state index in [1.807, 2.05) is 6.92 Å². The van der Waals surface area contributed by atoms with Crippen molar-refractivity contribution in [2.75, 3.05) is 5.32 Å². The van der Waals surface area contributed by atoms with Crippen LogP contribution in [0.3, 0.4) is 0 Å². The van der Waals surface area contributed by atoms with Crippen molar-refractivity contribution in [1.82, 2.24) is 4.98 Å². The van der Waals surface area contributed by atoms with Crippen molar-refractivity contribution < 1.29 is 14.7 Å². The van der Waals surface area contributed by atoms with Crippen LogP contribution in [0.2, 0.25) is 0 Å². The molecule has 0 aliphatic carbocycles. The number of carbonyl (C=O) groups excluding carboxylic acids is 1. The zero-order valence-corrected chi connectivity index (χ0v) is 9.50. The number of nitrogens with one attached hydrogen (secondary N) is 2. The van der Waals surface area contributed by atoms with Crippen molar-refractivity contribution in [1.29, 1.82) is 0 Å². The minimum atomic E-state index is -0.966. The van der Waals surface area contributed by atoms with Crippen LogP contribution >= 0.6 is 0 Å². The average molecular weight is 232 g/mol. The SMILES string of the molecule is CC(=O)Nc1cc(C)c2c(C(=O)O)c[nH]c2c1. The summed E-state index contributed by atoms with van der Waals surface area (Å²) in [5.74, 6) is -1.12. The molecule has 5 heteroatoms. The normalized spacial score (nSPS) is 10.5. The number of aromatic amines is 1. The summed E-state index contributed by atoms with van der Waals surface area (Å²) in [4.78, 5) is 24.9. The first-order valence-corrected chi connectivity index (χ1v) is 5.11. The average Bonchev–Trinajstić information content (AvgIpc) is 2.60. The Hall–Kier alpha value is -2.30. The third kappa shape index (κ3) is 1.99. The van der Waals surface area contributed by atoms with Gasteiger partial charge in [0, 0.05) is 29.7 Å². The van der Waals surface area contributed by atoms with Crippen molar-refractivity contribution >= 4 is 28.5 Å². The zero-order valence-electron chi connectivity index (χ0n) is 9.50. The van der Waals surface area contributed by atoms with Crippen LogP contribution in [0.25, 0.3) is 10.9 Å². The number of fused-ring (bicyclic) bond motifs is 1. The maximum Gasteiger partial charge on any atom is 0.337 e. The topological polar surface area (TPSA) is 82.2 Å². The van der Waals surface area contributed by atoms with Crippen LogP contribution in [0.1, 0.15) is 22.8 Å². The lowest BCUT2D eigenvalue weighted by molar-refractivity contribution is -0.114. The van der Waals surface area contributed by atoms with E-state index in [1.54, 1.807) is 12.1 Å². The molecule has 1 heterocycles. The summed E-state index contributed by atoms with van der Waals surface area (Å²) < 4.78 is 0. The summed E-state index contributed by atoms with van der Waals surface area (Å²) in [6.07, 6.45) is 1.46. The standard InChI is InChI=1S/C12H12N2O3/c1-6-3-8(14-7(2)15)4-10-11(6)9(5-13-10)12(16)17/h3-5,13H,1-2H3,(H,14,15)(H,16,17). The quantitative estimate of drug-likeness (QED) is 0.741. The predicted octanol–water partition coefficient (Wildman–Crippen LogP) is 2.13. The number of hydrogen-bond acceptors (Lipinski definition) is 2. The molecule has 0 aliphatic heterocycles. The first kappa shape index (κ1) is 11.2. The molecule has 5 nitrogen and oxygen atoms in total. The molecule has 3 N–H and O–H groups in total. The third-order valence-corrected chi connectivity index (χ3v) is 2.53. The van der Waals surface area contributed by atoms with Crippen LogP contribution in [-0.2, 0) is 4.79 Å². The monoisotopic (exact) mass is 232 g/mol. The molecule has 0 saturated heterocycles. The number of carboxylic acids is 1. The number of anilines is 1. The lowest BCUT2D eigenvalue weighted by Gasteiger charge is -2.05. The van der Waals surface area contributed by atoms with Crippen LogP contribution in [0.4, 0.5) is 5.69 Å². The molecule has 88 valence electrons. The van der Waals surface area contributed by atoms with E-state index in [9.17, 15) is 9.59 Å². The van der Waals surface area contributed by atoms with Gasteiger partial charge in [0.25, 0.3) is 0 Å². The number of benzene rings is 1. The van der Waals surface area contributed by atoms with Gasteiger partial charge >= 0.3 is 5.97 Å². The first-order valence-electron chi connectivity index (χ1n) is 5.11. The van der Waals surface area contributed by atoms with E-state index in [1.165, 1.54) is 13.1 Å². The van der Waals surface area contributed by atoms with Crippen LogP contribution in [0.15, 0.2) is 18.3 Å². The number of amides is 1. The van der Waals surface area contributed by atoms with Crippen molar-refractivity contribution in [2.24, 2.45) is 0 Å². The van der Waals surface area contributed by atoms with Crippen molar-refractivity contribution in [3.63, 3.8) is 0 Å². The summed E-state index contributed by atoms with van der Waals surface area (Å²) >= 11 is 0. The van der Waals surface area contributed by atoms with Crippen LogP contribution in [0, 0.1) is 6.92 Å². The highest BCUT2D eigenvalue weighted by atomic mass is 16.4. The van der Waals surface area contributed by atoms with Crippen molar-refractivity contribution in [3.05, 3.63) is 29.5 Å². The van der Waals surface area contributed by atoms with E-state index in [2.05, 4.69) is 10.3 Å². The number of aromatic carboxylic acids is 1. The number of rotatable bonds is 2. The number of carboxylic acid groups (broad SMARTS) is 1. The minimum absolute atomic E-state index is 0.159. The Morgan fingerprint density at radius 1 is 1.35 bits per heavy atom. The molecule has 1 aromatic heterocycles. The Morgan fingerprint density at radius 2 is 2.06 bits per heavy atom. The fourth-order valence-corrected chi connectivity index (χ4v) is 1.92. The van der Waals surface area contributed by atoms with Gasteiger partial charge in [-0.3, -0.25) is 4.79 Å². The largest absolute Gasteiger partial charge is 0.478 e. The Bertz CT molecular complexity index is 613. The van der Waals surface area contributed by atoms with E-state index in [4.69, 9.17) is 5.11 Å². The van der Waals surface area contributed by atoms with Gasteiger partial charge in [-0.25, -0.2) is 4.79 Å². The van der Waals surface area contributed by atoms with Gasteiger partial charge in [-0.1, -0.05) is 0 Å². The van der Waals surface area contributed by atoms with Gasteiger partial charge in [-0.2, -0.15) is 0 Å². The maximum atomic E-state index is 11.0. The van der Waals surface area contributed by atoms with E-state index in [0.717, 1.165) is 5.56 Å². The van der Waals surface area contributed by atoms with Gasteiger partial charge in [0.2, 0.25) is 5.91 Å². The highest BCUT2D eigenvalue weighted by Crippen LogP contribution is 2.26. The second kappa shape index (κ2) is 3.93. The number of aryl methyl sites for hydroxylation is 1. The van der Waals surface area contributed by atoms with Crippen LogP contribution < -0.4 is 5.32 Å². The molecule has 1 aromatic carbocycles. The van der Waals surface area contributed by atoms with E-state index in [0.29, 0.717) is 16.6 Å². The van der Waals surface area contributed by atoms with Gasteiger partial charge in [-0.15, -0.1) is 0 Å². The fraction of sp³-hybridized carbons (Fsp3) is 0.167. The van der Waals surface area contributed by atoms with Crippen molar-refractivity contribution in [2.45, 2.75) is 13.8 Å². The third-order valence-electron chi connectivity index (χ3n) is 2.53. The molecular weight excluding hydrogens is 220 g/mol. The molecule has 1 amide bonds. The van der Waals surface area contributed by atoms with Gasteiger partial charge in [0.1, 0.15) is 0 Å². The summed E-state index contributed by atoms with van der Waals surface area (Å²) in [7, 11) is 0. The zero-order chi connectivity index (χ0) is 12.6. The predicted molar refractivity (Wildman–Crippen MR) is 64.3 cm³/mol. The van der Waals surface area contributed by atoms with E-state index < -0.39 is 5.97 Å². The Labute approximate surface area is 97.4 Å². The molecule has 0 aliphatic rings. The molecule has 0 saturated carbocycles. The second-order valence-corrected chi connectivity index (χ2v) is 3.90. The van der Waals surface area contributed by atoms with Crippen LogP contribution in [0.5, 0.6) is 0 Å². The molecule has 17 heavy (non-hydrogen) atoms. The van der Waals surface area contributed by atoms with Crippen LogP contribution in [-0.4, -0.2) is 22.0 Å². The molecule has 0 fully saturated rings. The summed E-state index contributed by atoms with van der Waals surface area (Å²) in [5.41, 5.74) is 2.41. The molecule has 2 rings (SSSR count). The van der Waals surface area contributed by atoms with Gasteiger partial charge in [-0.05, 0) is 24.6 Å². The molecule has 0 radical (unpaired) electrons. The number of H-pyrrole nitrogens is 1. The number of hydrogen-bond donors (Lipinski definition) is 3. The minimum Gasteiger partial charge on any atom is -0.478 e. The molecule has 0 atom stereocenters. The van der Waals surface area contributed by atoms with E-state index in [-0.39, 0.29) is 11.5 Å². The fourth-order valence-electron chi connectivity index (χ4n) is 1.92. The first-order chi connectivity index (χ1) is 7.99. The summed E-state index contributed by atoms with van der Waals surface area (Å²) in [6, 6.07) is 3.47. The lowest BCUT2D eigenvalue weighted by Crippen LogP contribution is -2.05. The molecular formula is C12H12N2O3. The smallest absolute Gasteiger partial charge is 0.337 e. The number of carbonyl (C=O) groups is 2. The molecule has 2 aromatic rings. The second-order valence-electron chi connectivity index (χ2n) is 3.90. The highest BCUT2D eigenvalue weighted by molar-refractivity contribution is 6.06. The van der Waals surface area contributed by atoms with Gasteiger partial charge in [0.15, 0.2) is 0 Å². The Balaban J connectivity index is 2.61. The van der Waals surface area contributed by atoms with Gasteiger partial charge in [0.05, 0.1) is 5.56 Å². The lowest BCUT2D eigenvalue weighted by atomic mass is 10.1. The Kier molecular flexibility index (Phi) is 2.59. The van der Waals surface area contributed by atoms with Crippen molar-refractivity contribution in [3.8, 4) is 0 Å². The maximum absolute atomic E-state index is 11.0. The molecule has 0 unspecified atom stereocenters. The Morgan fingerprint density at radius 3 is 2.65 bits per heavy atom. The number of aromatic nitrogens is 1. The molecule has 0 bridgehead atoms. The molecule has 0 spiro atoms. The highest BCUT2D eigenvalue weighted by Gasteiger charge is 2.13.